The molecule has 0 saturated heterocycles. The van der Waals surface area contributed by atoms with Gasteiger partial charge in [-0.05, 0) is 37.6 Å². The van der Waals surface area contributed by atoms with E-state index in [1.54, 1.807) is 12.4 Å². The fourth-order valence-electron chi connectivity index (χ4n) is 1.62. The number of nitrogens with zero attached hydrogens (tertiary/aromatic N) is 4. The molecular formula is C12H17N5. The lowest BCUT2D eigenvalue weighted by atomic mass is 10.2. The Kier molecular flexibility index (Phi) is 4.66. The molecule has 0 aromatic carbocycles. The van der Waals surface area contributed by atoms with E-state index in [1.807, 2.05) is 23.1 Å². The van der Waals surface area contributed by atoms with Crippen LogP contribution < -0.4 is 5.32 Å². The predicted octanol–water partition coefficient (Wildman–Crippen LogP) is 0.895. The van der Waals surface area contributed by atoms with Gasteiger partial charge in [-0.25, -0.2) is 0 Å². The minimum atomic E-state index is 0.917. The lowest BCUT2D eigenvalue weighted by Crippen LogP contribution is -2.20. The first-order chi connectivity index (χ1) is 8.45. The first-order valence-electron chi connectivity index (χ1n) is 5.89. The number of pyridine rings is 1. The summed E-state index contributed by atoms with van der Waals surface area (Å²) >= 11 is 0. The second-order valence-electron chi connectivity index (χ2n) is 3.88. The van der Waals surface area contributed by atoms with Crippen molar-refractivity contribution in [2.45, 2.75) is 19.4 Å². The number of rotatable bonds is 7. The molecule has 0 radical (unpaired) electrons. The molecule has 1 N–H and O–H groups in total. The van der Waals surface area contributed by atoms with Crippen LogP contribution in [0.15, 0.2) is 36.9 Å². The Morgan fingerprint density at radius 3 is 3.00 bits per heavy atom. The number of hydrogen-bond acceptors (Lipinski definition) is 4. The average Bonchev–Trinajstić information content (AvgIpc) is 2.88. The molecule has 0 unspecified atom stereocenters. The Morgan fingerprint density at radius 1 is 1.24 bits per heavy atom. The van der Waals surface area contributed by atoms with Crippen molar-refractivity contribution in [3.63, 3.8) is 0 Å². The molecule has 0 amide bonds. The predicted molar refractivity (Wildman–Crippen MR) is 65.4 cm³/mol. The third-order valence-corrected chi connectivity index (χ3v) is 2.53. The van der Waals surface area contributed by atoms with E-state index >= 15 is 0 Å². The van der Waals surface area contributed by atoms with Crippen LogP contribution in [0.25, 0.3) is 0 Å². The number of nitrogens with one attached hydrogen (secondary N) is 1. The molecule has 0 bridgehead atoms. The van der Waals surface area contributed by atoms with Crippen LogP contribution in [-0.2, 0) is 13.0 Å². The molecule has 90 valence electrons. The Labute approximate surface area is 101 Å². The molecule has 2 aromatic rings. The highest BCUT2D eigenvalue weighted by Crippen LogP contribution is 1.95. The summed E-state index contributed by atoms with van der Waals surface area (Å²) in [5.41, 5.74) is 1.27. The van der Waals surface area contributed by atoms with Crippen LogP contribution in [0.5, 0.6) is 0 Å². The van der Waals surface area contributed by atoms with Crippen molar-refractivity contribution in [3.8, 4) is 0 Å². The third kappa shape index (κ3) is 4.32. The molecule has 2 aromatic heterocycles. The van der Waals surface area contributed by atoms with Crippen LogP contribution in [0.2, 0.25) is 0 Å². The smallest absolute Gasteiger partial charge is 0.0692 e. The van der Waals surface area contributed by atoms with Gasteiger partial charge in [-0.15, -0.1) is 5.10 Å². The standard InChI is InChI=1S/C12H17N5/c1-3-12(11-14-5-1)4-7-13-6-2-9-17-10-8-15-16-17/h1,3,5,8,10-11,13H,2,4,6-7,9H2. The number of hydrogen-bond donors (Lipinski definition) is 1. The lowest BCUT2D eigenvalue weighted by Gasteiger charge is -2.04. The van der Waals surface area contributed by atoms with Crippen LogP contribution in [0.3, 0.4) is 0 Å². The highest BCUT2D eigenvalue weighted by atomic mass is 15.4. The van der Waals surface area contributed by atoms with Crippen molar-refractivity contribution in [2.75, 3.05) is 13.1 Å². The maximum Gasteiger partial charge on any atom is 0.0692 e. The highest BCUT2D eigenvalue weighted by Gasteiger charge is 1.93. The summed E-state index contributed by atoms with van der Waals surface area (Å²) in [6.45, 7) is 2.91. The van der Waals surface area contributed by atoms with Gasteiger partial charge in [-0.3, -0.25) is 9.67 Å². The van der Waals surface area contributed by atoms with E-state index in [0.29, 0.717) is 0 Å². The third-order valence-electron chi connectivity index (χ3n) is 2.53. The van der Waals surface area contributed by atoms with Crippen molar-refractivity contribution in [1.82, 2.24) is 25.3 Å². The zero-order valence-corrected chi connectivity index (χ0v) is 9.79. The van der Waals surface area contributed by atoms with E-state index < -0.39 is 0 Å². The van der Waals surface area contributed by atoms with Gasteiger partial charge in [0.15, 0.2) is 0 Å². The second-order valence-corrected chi connectivity index (χ2v) is 3.88. The number of aryl methyl sites for hydroxylation is 1. The SMILES string of the molecule is c1cncc(CCNCCCn2ccnn2)c1. The van der Waals surface area contributed by atoms with Crippen LogP contribution in [0.4, 0.5) is 0 Å². The molecule has 2 heterocycles. The zero-order chi connectivity index (χ0) is 11.8. The molecule has 0 aliphatic rings. The van der Waals surface area contributed by atoms with Gasteiger partial charge in [0.05, 0.1) is 6.20 Å². The van der Waals surface area contributed by atoms with Crippen molar-refractivity contribution < 1.29 is 0 Å². The van der Waals surface area contributed by atoms with Crippen LogP contribution >= 0.6 is 0 Å². The molecule has 0 aliphatic heterocycles. The molecule has 0 atom stereocenters. The largest absolute Gasteiger partial charge is 0.316 e. The Balaban J connectivity index is 1.52. The summed E-state index contributed by atoms with van der Waals surface area (Å²) in [5.74, 6) is 0. The maximum atomic E-state index is 4.09. The molecule has 5 nitrogen and oxygen atoms in total. The second kappa shape index (κ2) is 6.75. The van der Waals surface area contributed by atoms with Gasteiger partial charge in [0.25, 0.3) is 0 Å². The highest BCUT2D eigenvalue weighted by molar-refractivity contribution is 5.08. The van der Waals surface area contributed by atoms with Crippen molar-refractivity contribution in [1.29, 1.82) is 0 Å². The first-order valence-corrected chi connectivity index (χ1v) is 5.89. The molecule has 5 heteroatoms. The van der Waals surface area contributed by atoms with Crippen molar-refractivity contribution in [2.24, 2.45) is 0 Å². The van der Waals surface area contributed by atoms with Gasteiger partial charge in [0.2, 0.25) is 0 Å². The maximum absolute atomic E-state index is 4.09. The van der Waals surface area contributed by atoms with E-state index in [0.717, 1.165) is 32.5 Å². The zero-order valence-electron chi connectivity index (χ0n) is 9.79. The van der Waals surface area contributed by atoms with E-state index in [9.17, 15) is 0 Å². The van der Waals surface area contributed by atoms with Crippen molar-refractivity contribution >= 4 is 0 Å². The van der Waals surface area contributed by atoms with Crippen molar-refractivity contribution in [3.05, 3.63) is 42.5 Å². The Morgan fingerprint density at radius 2 is 2.24 bits per heavy atom. The summed E-state index contributed by atoms with van der Waals surface area (Å²) in [7, 11) is 0. The van der Waals surface area contributed by atoms with Crippen LogP contribution in [0, 0.1) is 0 Å². The summed E-state index contributed by atoms with van der Waals surface area (Å²) in [6.07, 6.45) is 9.39. The molecular weight excluding hydrogens is 214 g/mol. The van der Waals surface area contributed by atoms with Gasteiger partial charge >= 0.3 is 0 Å². The normalized spacial score (nSPS) is 10.6. The lowest BCUT2D eigenvalue weighted by molar-refractivity contribution is 0.531. The molecule has 0 aliphatic carbocycles. The van der Waals surface area contributed by atoms with Crippen LogP contribution in [-0.4, -0.2) is 33.1 Å². The number of aromatic nitrogens is 4. The van der Waals surface area contributed by atoms with E-state index in [2.05, 4.69) is 26.7 Å². The quantitative estimate of drug-likeness (QED) is 0.719. The average molecular weight is 231 g/mol. The molecule has 0 fully saturated rings. The van der Waals surface area contributed by atoms with Gasteiger partial charge < -0.3 is 5.32 Å². The van der Waals surface area contributed by atoms with E-state index in [4.69, 9.17) is 0 Å². The van der Waals surface area contributed by atoms with Gasteiger partial charge in [-0.2, -0.15) is 0 Å². The molecule has 0 saturated carbocycles. The monoisotopic (exact) mass is 231 g/mol. The summed E-state index contributed by atoms with van der Waals surface area (Å²) in [5, 5.41) is 11.1. The fraction of sp³-hybridized carbons (Fsp3) is 0.417. The Hall–Kier alpha value is -1.75. The van der Waals surface area contributed by atoms with Crippen LogP contribution in [0.1, 0.15) is 12.0 Å². The van der Waals surface area contributed by atoms with E-state index in [-0.39, 0.29) is 0 Å². The van der Waals surface area contributed by atoms with E-state index in [1.165, 1.54) is 5.56 Å². The molecule has 17 heavy (non-hydrogen) atoms. The molecule has 0 spiro atoms. The summed E-state index contributed by atoms with van der Waals surface area (Å²) in [6, 6.07) is 4.07. The molecule has 2 rings (SSSR count). The summed E-state index contributed by atoms with van der Waals surface area (Å²) < 4.78 is 1.85. The topological polar surface area (TPSA) is 55.6 Å². The minimum Gasteiger partial charge on any atom is -0.316 e. The van der Waals surface area contributed by atoms with Gasteiger partial charge in [0, 0.05) is 25.1 Å². The first kappa shape index (κ1) is 11.7. The van der Waals surface area contributed by atoms with Gasteiger partial charge in [-0.1, -0.05) is 11.3 Å². The fourth-order valence-corrected chi connectivity index (χ4v) is 1.62. The minimum absolute atomic E-state index is 0.917. The van der Waals surface area contributed by atoms with Gasteiger partial charge in [0.1, 0.15) is 0 Å². The Bertz CT molecular complexity index is 398. The summed E-state index contributed by atoms with van der Waals surface area (Å²) in [4.78, 5) is 4.09.